The first-order chi connectivity index (χ1) is 14.9. The minimum absolute atomic E-state index is 0.0715. The highest BCUT2D eigenvalue weighted by Gasteiger charge is 2.41. The van der Waals surface area contributed by atoms with Crippen LogP contribution >= 0.6 is 11.6 Å². The Kier molecular flexibility index (Phi) is 5.05. The van der Waals surface area contributed by atoms with E-state index in [4.69, 9.17) is 11.6 Å². The maximum atomic E-state index is 13.6. The van der Waals surface area contributed by atoms with E-state index in [0.29, 0.717) is 32.9 Å². The van der Waals surface area contributed by atoms with Crippen molar-refractivity contribution in [3.05, 3.63) is 58.9 Å². The van der Waals surface area contributed by atoms with Crippen LogP contribution in [0.4, 0.5) is 19.1 Å². The van der Waals surface area contributed by atoms with Crippen molar-refractivity contribution in [3.8, 4) is 5.69 Å². The molecule has 1 fully saturated rings. The number of halogens is 4. The van der Waals surface area contributed by atoms with E-state index in [1.54, 1.807) is 41.2 Å². The van der Waals surface area contributed by atoms with E-state index in [1.807, 2.05) is 0 Å². The van der Waals surface area contributed by atoms with Gasteiger partial charge in [0.05, 0.1) is 12.2 Å². The van der Waals surface area contributed by atoms with Crippen LogP contribution in [0.1, 0.15) is 36.0 Å². The summed E-state index contributed by atoms with van der Waals surface area (Å²) >= 11 is 6.10. The third-order valence-corrected chi connectivity index (χ3v) is 6.02. The smallest absolute Gasteiger partial charge is 0.341 e. The van der Waals surface area contributed by atoms with Gasteiger partial charge in [-0.1, -0.05) is 11.6 Å². The van der Waals surface area contributed by atoms with E-state index < -0.39 is 6.30 Å². The number of anilines is 1. The van der Waals surface area contributed by atoms with Crippen LogP contribution in [0.2, 0.25) is 5.02 Å². The van der Waals surface area contributed by atoms with Gasteiger partial charge in [-0.05, 0) is 42.7 Å². The van der Waals surface area contributed by atoms with Crippen LogP contribution in [0.5, 0.6) is 0 Å². The third kappa shape index (κ3) is 3.85. The first-order valence-corrected chi connectivity index (χ1v) is 10.3. The normalized spacial score (nSPS) is 17.9. The lowest BCUT2D eigenvalue weighted by Crippen LogP contribution is -2.36. The first kappa shape index (κ1) is 20.2. The highest BCUT2D eigenvalue weighted by Crippen LogP contribution is 2.36. The van der Waals surface area contributed by atoms with Gasteiger partial charge in [0, 0.05) is 43.0 Å². The number of hydrogen-bond acceptors (Lipinski definition) is 6. The molecule has 162 valence electrons. The molecule has 4 heterocycles. The number of rotatable bonds is 2. The summed E-state index contributed by atoms with van der Waals surface area (Å²) in [7, 11) is 0. The standard InChI is InChI=1S/C20H19ClF3N7/c21-15-2-3-16-14(10-15)11-30(20(22,23)24)12-17-27-28-18(31(16)17)13-4-8-29(9-5-13)19-25-6-1-7-26-19/h1-3,6-7,10,13H,4-5,8-9,11-12H2. The summed E-state index contributed by atoms with van der Waals surface area (Å²) in [4.78, 5) is 11.1. The van der Waals surface area contributed by atoms with Gasteiger partial charge in [0.15, 0.2) is 5.82 Å². The summed E-state index contributed by atoms with van der Waals surface area (Å²) in [5.74, 6) is 1.72. The molecule has 5 rings (SSSR count). The molecule has 0 aliphatic carbocycles. The number of piperidine rings is 1. The van der Waals surface area contributed by atoms with Crippen LogP contribution in [-0.4, -0.2) is 49.0 Å². The average Bonchev–Trinajstić information content (AvgIpc) is 3.09. The molecule has 0 spiro atoms. The molecule has 0 amide bonds. The third-order valence-electron chi connectivity index (χ3n) is 5.78. The number of fused-ring (bicyclic) bond motifs is 3. The van der Waals surface area contributed by atoms with Gasteiger partial charge < -0.3 is 4.90 Å². The van der Waals surface area contributed by atoms with Crippen molar-refractivity contribution in [2.24, 2.45) is 0 Å². The van der Waals surface area contributed by atoms with Gasteiger partial charge in [0.2, 0.25) is 5.95 Å². The molecular weight excluding hydrogens is 431 g/mol. The maximum Gasteiger partial charge on any atom is 0.460 e. The minimum atomic E-state index is -4.48. The second-order valence-electron chi connectivity index (χ2n) is 7.72. The molecule has 1 saturated heterocycles. The number of alkyl halides is 3. The molecular formula is C20H19ClF3N7. The monoisotopic (exact) mass is 449 g/mol. The zero-order chi connectivity index (χ0) is 21.6. The van der Waals surface area contributed by atoms with E-state index >= 15 is 0 Å². The molecule has 0 saturated carbocycles. The zero-order valence-electron chi connectivity index (χ0n) is 16.4. The number of nitrogens with zero attached hydrogens (tertiary/aromatic N) is 7. The maximum absolute atomic E-state index is 13.6. The lowest BCUT2D eigenvalue weighted by molar-refractivity contribution is -0.253. The van der Waals surface area contributed by atoms with Gasteiger partial charge in [-0.15, -0.1) is 10.2 Å². The first-order valence-electron chi connectivity index (χ1n) is 9.97. The molecule has 11 heteroatoms. The molecule has 0 unspecified atom stereocenters. The van der Waals surface area contributed by atoms with Gasteiger partial charge in [-0.2, -0.15) is 13.2 Å². The summed E-state index contributed by atoms with van der Waals surface area (Å²) in [6.45, 7) is 0.823. The van der Waals surface area contributed by atoms with E-state index in [2.05, 4.69) is 25.1 Å². The molecule has 1 aromatic carbocycles. The Hall–Kier alpha value is -2.72. The second-order valence-corrected chi connectivity index (χ2v) is 8.15. The van der Waals surface area contributed by atoms with E-state index in [0.717, 1.165) is 25.9 Å². The Morgan fingerprint density at radius 2 is 1.74 bits per heavy atom. The summed E-state index contributed by atoms with van der Waals surface area (Å²) < 4.78 is 42.6. The van der Waals surface area contributed by atoms with Crippen molar-refractivity contribution < 1.29 is 13.2 Å². The molecule has 0 atom stereocenters. The molecule has 7 nitrogen and oxygen atoms in total. The van der Waals surface area contributed by atoms with Gasteiger partial charge in [0.25, 0.3) is 0 Å². The summed E-state index contributed by atoms with van der Waals surface area (Å²) in [6, 6.07) is 6.80. The van der Waals surface area contributed by atoms with Crippen molar-refractivity contribution in [3.63, 3.8) is 0 Å². The minimum Gasteiger partial charge on any atom is -0.341 e. The fourth-order valence-electron chi connectivity index (χ4n) is 4.26. The molecule has 2 aliphatic rings. The van der Waals surface area contributed by atoms with Crippen molar-refractivity contribution in [2.45, 2.75) is 38.1 Å². The molecule has 0 N–H and O–H groups in total. The van der Waals surface area contributed by atoms with E-state index in [1.165, 1.54) is 0 Å². The molecule has 31 heavy (non-hydrogen) atoms. The predicted molar refractivity (Wildman–Crippen MR) is 108 cm³/mol. The lowest BCUT2D eigenvalue weighted by atomic mass is 9.95. The Morgan fingerprint density at radius 3 is 2.45 bits per heavy atom. The Balaban J connectivity index is 1.48. The lowest BCUT2D eigenvalue weighted by Gasteiger charge is -2.31. The second kappa shape index (κ2) is 7.76. The highest BCUT2D eigenvalue weighted by molar-refractivity contribution is 6.30. The van der Waals surface area contributed by atoms with Gasteiger partial charge >= 0.3 is 6.30 Å². The van der Waals surface area contributed by atoms with Crippen LogP contribution < -0.4 is 4.90 Å². The molecule has 2 aliphatic heterocycles. The Morgan fingerprint density at radius 1 is 1.00 bits per heavy atom. The fourth-order valence-corrected chi connectivity index (χ4v) is 4.46. The van der Waals surface area contributed by atoms with E-state index in [9.17, 15) is 13.2 Å². The highest BCUT2D eigenvalue weighted by atomic mass is 35.5. The molecule has 3 aromatic rings. The molecule has 0 radical (unpaired) electrons. The average molecular weight is 450 g/mol. The summed E-state index contributed by atoms with van der Waals surface area (Å²) in [5.41, 5.74) is 1.15. The topological polar surface area (TPSA) is 63.0 Å². The van der Waals surface area contributed by atoms with Gasteiger partial charge in [0.1, 0.15) is 5.82 Å². The largest absolute Gasteiger partial charge is 0.460 e. The molecule has 2 aromatic heterocycles. The van der Waals surface area contributed by atoms with Crippen LogP contribution in [0, 0.1) is 0 Å². The zero-order valence-corrected chi connectivity index (χ0v) is 17.2. The van der Waals surface area contributed by atoms with E-state index in [-0.39, 0.29) is 24.8 Å². The van der Waals surface area contributed by atoms with Crippen molar-refractivity contribution in [1.29, 1.82) is 0 Å². The van der Waals surface area contributed by atoms with Gasteiger partial charge in [-0.25, -0.2) is 14.9 Å². The van der Waals surface area contributed by atoms with Crippen molar-refractivity contribution in [1.82, 2.24) is 29.6 Å². The van der Waals surface area contributed by atoms with Crippen LogP contribution in [0.15, 0.2) is 36.7 Å². The van der Waals surface area contributed by atoms with Crippen molar-refractivity contribution in [2.75, 3.05) is 18.0 Å². The van der Waals surface area contributed by atoms with Crippen LogP contribution in [0.3, 0.4) is 0 Å². The van der Waals surface area contributed by atoms with Gasteiger partial charge in [-0.3, -0.25) is 4.57 Å². The fraction of sp³-hybridized carbons (Fsp3) is 0.400. The van der Waals surface area contributed by atoms with Crippen LogP contribution in [-0.2, 0) is 13.1 Å². The SMILES string of the molecule is FC(F)(F)N1Cc2cc(Cl)ccc2-n2c(nnc2C2CCN(c3ncccn3)CC2)C1. The number of aromatic nitrogens is 5. The number of hydrogen-bond donors (Lipinski definition) is 0. The Labute approximate surface area is 181 Å². The molecule has 0 bridgehead atoms. The number of benzene rings is 1. The summed E-state index contributed by atoms with van der Waals surface area (Å²) in [6.07, 6.45) is 0.495. The van der Waals surface area contributed by atoms with Crippen molar-refractivity contribution >= 4 is 17.5 Å². The quantitative estimate of drug-likeness (QED) is 0.552. The Bertz CT molecular complexity index is 1080. The summed E-state index contributed by atoms with van der Waals surface area (Å²) in [5, 5.41) is 8.89. The predicted octanol–water partition coefficient (Wildman–Crippen LogP) is 3.93. The van der Waals surface area contributed by atoms with Crippen LogP contribution in [0.25, 0.3) is 5.69 Å².